The van der Waals surface area contributed by atoms with Gasteiger partial charge in [-0.2, -0.15) is 0 Å². The van der Waals surface area contributed by atoms with Crippen LogP contribution in [0.5, 0.6) is 0 Å². The highest BCUT2D eigenvalue weighted by atomic mass is 79.9. The van der Waals surface area contributed by atoms with Gasteiger partial charge in [0.25, 0.3) is 0 Å². The molecule has 106 valence electrons. The van der Waals surface area contributed by atoms with Gasteiger partial charge in [-0.3, -0.25) is 0 Å². The molecule has 20 heavy (non-hydrogen) atoms. The monoisotopic (exact) mass is 347 g/mol. The first kappa shape index (κ1) is 16.0. The zero-order chi connectivity index (χ0) is 15.4. The molecule has 0 saturated carbocycles. The first-order chi connectivity index (χ1) is 9.29. The fraction of sp³-hybridized carbons (Fsp3) is 0. The minimum absolute atomic E-state index is 0.330. The van der Waals surface area contributed by atoms with Crippen molar-refractivity contribution in [1.82, 2.24) is 0 Å². The Bertz CT molecular complexity index is 627. The normalized spacial score (nSPS) is 11.1. The van der Waals surface area contributed by atoms with Gasteiger partial charge < -0.3 is 10.4 Å². The maximum absolute atomic E-state index is 13.8. The van der Waals surface area contributed by atoms with Crippen molar-refractivity contribution in [2.45, 2.75) is 0 Å². The van der Waals surface area contributed by atoms with Crippen LogP contribution in [-0.4, -0.2) is 11.1 Å². The summed E-state index contributed by atoms with van der Waals surface area (Å²) in [5.41, 5.74) is -1.60. The van der Waals surface area contributed by atoms with Crippen molar-refractivity contribution >= 4 is 27.6 Å². The van der Waals surface area contributed by atoms with Crippen molar-refractivity contribution in [1.29, 1.82) is 0 Å². The van der Waals surface area contributed by atoms with E-state index in [0.29, 0.717) is 0 Å². The van der Waals surface area contributed by atoms with Crippen molar-refractivity contribution in [3.05, 3.63) is 64.6 Å². The number of rotatable bonds is 5. The van der Waals surface area contributed by atoms with Crippen molar-refractivity contribution in [2.75, 3.05) is 5.32 Å². The van der Waals surface area contributed by atoms with Crippen LogP contribution < -0.4 is 5.32 Å². The Balaban J connectivity index is 3.47. The Labute approximate surface area is 121 Å². The van der Waals surface area contributed by atoms with Crippen LogP contribution in [0, 0.1) is 11.6 Å². The van der Waals surface area contributed by atoms with E-state index in [4.69, 9.17) is 5.11 Å². The summed E-state index contributed by atoms with van der Waals surface area (Å²) in [5.74, 6) is -5.23. The van der Waals surface area contributed by atoms with Gasteiger partial charge in [0.15, 0.2) is 11.6 Å². The van der Waals surface area contributed by atoms with Crippen LogP contribution in [0.15, 0.2) is 47.4 Å². The summed E-state index contributed by atoms with van der Waals surface area (Å²) in [7, 11) is 0. The van der Waals surface area contributed by atoms with E-state index in [0.717, 1.165) is 12.1 Å². The lowest BCUT2D eigenvalue weighted by molar-refractivity contribution is 0.0697. The molecule has 0 atom stereocenters. The number of benzene rings is 1. The molecule has 0 radical (unpaired) electrons. The lowest BCUT2D eigenvalue weighted by Crippen LogP contribution is -2.10. The molecule has 2 N–H and O–H groups in total. The zero-order valence-electron chi connectivity index (χ0n) is 10.0. The fourth-order valence-electron chi connectivity index (χ4n) is 1.34. The van der Waals surface area contributed by atoms with Crippen LogP contribution >= 0.6 is 15.9 Å². The second-order valence-electron chi connectivity index (χ2n) is 3.56. The topological polar surface area (TPSA) is 49.3 Å². The van der Waals surface area contributed by atoms with Crippen LogP contribution in [0.1, 0.15) is 10.4 Å². The van der Waals surface area contributed by atoms with Gasteiger partial charge in [-0.1, -0.05) is 19.2 Å². The Morgan fingerprint density at radius 1 is 1.40 bits per heavy atom. The molecule has 0 spiro atoms. The SMILES string of the molecule is C=C/C=C(/Nc1c(C(=O)O)cc(Br)c(F)c1F)C(=C)F. The summed E-state index contributed by atoms with van der Waals surface area (Å²) >= 11 is 2.70. The zero-order valence-corrected chi connectivity index (χ0v) is 11.6. The van der Waals surface area contributed by atoms with E-state index in [9.17, 15) is 18.0 Å². The summed E-state index contributed by atoms with van der Waals surface area (Å²) in [6, 6.07) is 0.871. The highest BCUT2D eigenvalue weighted by molar-refractivity contribution is 9.10. The number of carboxylic acids is 1. The van der Waals surface area contributed by atoms with Gasteiger partial charge in [-0.05, 0) is 28.1 Å². The Morgan fingerprint density at radius 2 is 2.00 bits per heavy atom. The number of carbonyl (C=O) groups is 1. The van der Waals surface area contributed by atoms with Crippen LogP contribution in [0.4, 0.5) is 18.9 Å². The molecule has 1 aromatic carbocycles. The van der Waals surface area contributed by atoms with Gasteiger partial charge in [-0.25, -0.2) is 18.0 Å². The molecule has 0 amide bonds. The van der Waals surface area contributed by atoms with Gasteiger partial charge in [0.1, 0.15) is 5.83 Å². The third kappa shape index (κ3) is 3.30. The predicted octanol–water partition coefficient (Wildman–Crippen LogP) is 4.39. The molecule has 0 bridgehead atoms. The number of allylic oxidation sites excluding steroid dienone is 3. The maximum atomic E-state index is 13.8. The number of anilines is 1. The lowest BCUT2D eigenvalue weighted by atomic mass is 10.1. The van der Waals surface area contributed by atoms with Crippen LogP contribution in [0.3, 0.4) is 0 Å². The second-order valence-corrected chi connectivity index (χ2v) is 4.41. The number of halogens is 4. The lowest BCUT2D eigenvalue weighted by Gasteiger charge is -2.13. The molecule has 1 aromatic rings. The quantitative estimate of drug-likeness (QED) is 0.613. The van der Waals surface area contributed by atoms with Crippen molar-refractivity contribution in [3.8, 4) is 0 Å². The van der Waals surface area contributed by atoms with Gasteiger partial charge >= 0.3 is 5.97 Å². The summed E-state index contributed by atoms with van der Waals surface area (Å²) in [6.45, 7) is 6.32. The third-order valence-corrected chi connectivity index (χ3v) is 2.81. The first-order valence-electron chi connectivity index (χ1n) is 5.14. The van der Waals surface area contributed by atoms with Crippen LogP contribution in [0.2, 0.25) is 0 Å². The van der Waals surface area contributed by atoms with Gasteiger partial charge in [0.2, 0.25) is 0 Å². The molecule has 0 aliphatic rings. The van der Waals surface area contributed by atoms with Gasteiger partial charge in [0, 0.05) is 0 Å². The number of hydrogen-bond acceptors (Lipinski definition) is 2. The van der Waals surface area contributed by atoms with E-state index < -0.39 is 34.7 Å². The third-order valence-electron chi connectivity index (χ3n) is 2.23. The van der Waals surface area contributed by atoms with Crippen LogP contribution in [0.25, 0.3) is 0 Å². The molecule has 0 saturated heterocycles. The van der Waals surface area contributed by atoms with Crippen LogP contribution in [-0.2, 0) is 0 Å². The summed E-state index contributed by atoms with van der Waals surface area (Å²) in [4.78, 5) is 11.0. The first-order valence-corrected chi connectivity index (χ1v) is 5.94. The number of hydrogen-bond donors (Lipinski definition) is 2. The molecule has 0 aliphatic heterocycles. The highest BCUT2D eigenvalue weighted by Gasteiger charge is 2.22. The van der Waals surface area contributed by atoms with E-state index in [2.05, 4.69) is 34.4 Å². The average Bonchev–Trinajstić information content (AvgIpc) is 2.37. The highest BCUT2D eigenvalue weighted by Crippen LogP contribution is 2.30. The van der Waals surface area contributed by atoms with E-state index in [1.165, 1.54) is 6.08 Å². The number of aromatic carboxylic acids is 1. The van der Waals surface area contributed by atoms with Crippen molar-refractivity contribution in [3.63, 3.8) is 0 Å². The standard InChI is InChI=1S/C13H9BrF3NO2/c1-3-4-9(6(2)15)18-12-7(13(19)20)5-8(14)10(16)11(12)17/h3-5,18H,1-2H2,(H,19,20)/b9-4+. The molecule has 1 rings (SSSR count). The minimum Gasteiger partial charge on any atom is -0.478 e. The van der Waals surface area contributed by atoms with Crippen molar-refractivity contribution < 1.29 is 23.1 Å². The molecule has 0 fully saturated rings. The molecule has 0 unspecified atom stereocenters. The molecular formula is C13H9BrF3NO2. The molecular weight excluding hydrogens is 339 g/mol. The average molecular weight is 348 g/mol. The molecule has 0 aliphatic carbocycles. The number of carboxylic acid groups (broad SMARTS) is 1. The Hall–Kier alpha value is -2.02. The molecule has 7 heteroatoms. The Morgan fingerprint density at radius 3 is 2.45 bits per heavy atom. The minimum atomic E-state index is -1.51. The van der Waals surface area contributed by atoms with Gasteiger partial charge in [-0.15, -0.1) is 0 Å². The predicted molar refractivity (Wildman–Crippen MR) is 73.2 cm³/mol. The summed E-state index contributed by atoms with van der Waals surface area (Å²) < 4.78 is 40.1. The van der Waals surface area contributed by atoms with Crippen molar-refractivity contribution in [2.24, 2.45) is 0 Å². The Kier molecular flexibility index (Phi) is 5.15. The smallest absolute Gasteiger partial charge is 0.337 e. The summed E-state index contributed by atoms with van der Waals surface area (Å²) in [6.07, 6.45) is 2.29. The largest absolute Gasteiger partial charge is 0.478 e. The molecule has 0 heterocycles. The van der Waals surface area contributed by atoms with E-state index in [1.54, 1.807) is 0 Å². The summed E-state index contributed by atoms with van der Waals surface area (Å²) in [5, 5.41) is 11.1. The molecule has 0 aromatic heterocycles. The second kappa shape index (κ2) is 6.42. The fourth-order valence-corrected chi connectivity index (χ4v) is 1.74. The van der Waals surface area contributed by atoms with Gasteiger partial charge in [0.05, 0.1) is 21.4 Å². The van der Waals surface area contributed by atoms with E-state index in [-0.39, 0.29) is 10.2 Å². The maximum Gasteiger partial charge on any atom is 0.337 e. The molecule has 3 nitrogen and oxygen atoms in total. The van der Waals surface area contributed by atoms with E-state index >= 15 is 0 Å². The van der Waals surface area contributed by atoms with E-state index in [1.807, 2.05) is 0 Å². The number of nitrogens with one attached hydrogen (secondary N) is 1.